The average Bonchev–Trinajstić information content (AvgIpc) is 2.61. The Morgan fingerprint density at radius 2 is 2.05 bits per heavy atom. The number of nitro groups is 1. The summed E-state index contributed by atoms with van der Waals surface area (Å²) in [5.41, 5.74) is 10.3. The van der Waals surface area contributed by atoms with Crippen LogP contribution in [-0.2, 0) is 0 Å². The SMILES string of the molecule is [N]C1CCCCC(C=Cc2ccccc2[N+](=O)[O-])N1. The first-order chi connectivity index (χ1) is 9.16. The molecule has 2 atom stereocenters. The van der Waals surface area contributed by atoms with Crippen molar-refractivity contribution < 1.29 is 4.92 Å². The Hall–Kier alpha value is -1.72. The van der Waals surface area contributed by atoms with E-state index in [1.165, 1.54) is 6.07 Å². The number of rotatable bonds is 3. The van der Waals surface area contributed by atoms with E-state index in [1.54, 1.807) is 24.3 Å². The molecule has 100 valence electrons. The Kier molecular flexibility index (Phi) is 4.65. The standard InChI is InChI=1S/C14H17N3O2/c15-14-8-4-2-6-12(16-14)10-9-11-5-1-3-7-13(11)17(18)19/h1,3,5,7,9-10,12,14,16H,2,4,6,8H2. The van der Waals surface area contributed by atoms with Crippen LogP contribution in [0.4, 0.5) is 5.69 Å². The molecule has 1 saturated heterocycles. The van der Waals surface area contributed by atoms with Crippen molar-refractivity contribution >= 4 is 11.8 Å². The second-order valence-corrected chi connectivity index (χ2v) is 4.75. The molecule has 5 nitrogen and oxygen atoms in total. The van der Waals surface area contributed by atoms with Gasteiger partial charge in [0, 0.05) is 12.1 Å². The van der Waals surface area contributed by atoms with Gasteiger partial charge >= 0.3 is 0 Å². The fourth-order valence-corrected chi connectivity index (χ4v) is 2.28. The summed E-state index contributed by atoms with van der Waals surface area (Å²) in [5.74, 6) is 0. The zero-order chi connectivity index (χ0) is 13.7. The van der Waals surface area contributed by atoms with Crippen LogP contribution in [-0.4, -0.2) is 17.1 Å². The molecule has 2 radical (unpaired) electrons. The first-order valence-electron chi connectivity index (χ1n) is 6.52. The molecule has 0 saturated carbocycles. The highest BCUT2D eigenvalue weighted by molar-refractivity contribution is 5.61. The van der Waals surface area contributed by atoms with Crippen LogP contribution in [0, 0.1) is 10.1 Å². The van der Waals surface area contributed by atoms with Crippen LogP contribution in [0.1, 0.15) is 31.2 Å². The van der Waals surface area contributed by atoms with E-state index in [9.17, 15) is 15.8 Å². The van der Waals surface area contributed by atoms with Crippen molar-refractivity contribution in [2.45, 2.75) is 37.9 Å². The minimum atomic E-state index is -0.483. The lowest BCUT2D eigenvalue weighted by molar-refractivity contribution is -0.385. The van der Waals surface area contributed by atoms with Crippen molar-refractivity contribution in [3.63, 3.8) is 0 Å². The molecule has 0 aromatic heterocycles. The van der Waals surface area contributed by atoms with Crippen LogP contribution in [0.5, 0.6) is 0 Å². The Balaban J connectivity index is 2.11. The summed E-state index contributed by atoms with van der Waals surface area (Å²) in [6.07, 6.45) is 6.93. The predicted octanol–water partition coefficient (Wildman–Crippen LogP) is 2.54. The van der Waals surface area contributed by atoms with Crippen molar-refractivity contribution in [3.8, 4) is 0 Å². The Morgan fingerprint density at radius 1 is 1.32 bits per heavy atom. The molecule has 1 fully saturated rings. The van der Waals surface area contributed by atoms with Gasteiger partial charge in [0.05, 0.1) is 16.7 Å². The molecule has 1 heterocycles. The maximum Gasteiger partial charge on any atom is 0.276 e. The molecule has 1 aromatic rings. The molecule has 1 aliphatic heterocycles. The first kappa shape index (κ1) is 13.7. The topological polar surface area (TPSA) is 77.5 Å². The van der Waals surface area contributed by atoms with Crippen LogP contribution in [0.3, 0.4) is 0 Å². The van der Waals surface area contributed by atoms with Crippen LogP contribution >= 0.6 is 0 Å². The Morgan fingerprint density at radius 3 is 2.84 bits per heavy atom. The highest BCUT2D eigenvalue weighted by Gasteiger charge is 2.16. The minimum absolute atomic E-state index is 0.0670. The van der Waals surface area contributed by atoms with Gasteiger partial charge in [0.1, 0.15) is 0 Å². The van der Waals surface area contributed by atoms with Crippen LogP contribution in [0.2, 0.25) is 0 Å². The van der Waals surface area contributed by atoms with E-state index in [-0.39, 0.29) is 16.7 Å². The summed E-state index contributed by atoms with van der Waals surface area (Å²) >= 11 is 0. The van der Waals surface area contributed by atoms with E-state index in [4.69, 9.17) is 0 Å². The number of nitrogens with one attached hydrogen (secondary N) is 1. The molecular formula is C14H17N3O2. The summed E-state index contributed by atoms with van der Waals surface area (Å²) in [6, 6.07) is 6.72. The second kappa shape index (κ2) is 6.45. The van der Waals surface area contributed by atoms with Gasteiger partial charge in [-0.25, -0.2) is 0 Å². The minimum Gasteiger partial charge on any atom is -0.293 e. The number of para-hydroxylation sites is 1. The van der Waals surface area contributed by atoms with Crippen molar-refractivity contribution in [1.29, 1.82) is 0 Å². The number of benzene rings is 1. The molecule has 0 aliphatic carbocycles. The van der Waals surface area contributed by atoms with E-state index in [0.717, 1.165) is 25.7 Å². The molecule has 0 spiro atoms. The smallest absolute Gasteiger partial charge is 0.276 e. The molecule has 2 rings (SSSR count). The molecule has 2 unspecified atom stereocenters. The normalized spacial score (nSPS) is 24.3. The van der Waals surface area contributed by atoms with Crippen LogP contribution in [0.25, 0.3) is 6.08 Å². The monoisotopic (exact) mass is 259 g/mol. The largest absolute Gasteiger partial charge is 0.293 e. The lowest BCUT2D eigenvalue weighted by Crippen LogP contribution is -2.36. The zero-order valence-corrected chi connectivity index (χ0v) is 10.7. The third kappa shape index (κ3) is 3.87. The molecule has 5 heteroatoms. The van der Waals surface area contributed by atoms with Gasteiger partial charge < -0.3 is 0 Å². The third-order valence-electron chi connectivity index (χ3n) is 3.29. The number of nitro benzene ring substituents is 1. The molecular weight excluding hydrogens is 242 g/mol. The quantitative estimate of drug-likeness (QED) is 0.669. The third-order valence-corrected chi connectivity index (χ3v) is 3.29. The number of hydrogen-bond acceptors (Lipinski definition) is 3. The van der Waals surface area contributed by atoms with E-state index >= 15 is 0 Å². The van der Waals surface area contributed by atoms with Crippen molar-refractivity contribution in [3.05, 3.63) is 46.0 Å². The van der Waals surface area contributed by atoms with E-state index in [2.05, 4.69) is 5.32 Å². The first-order valence-corrected chi connectivity index (χ1v) is 6.52. The Bertz CT molecular complexity index is 474. The maximum absolute atomic E-state index is 10.9. The number of hydrogen-bond donors (Lipinski definition) is 1. The summed E-state index contributed by atoms with van der Waals surface area (Å²) in [5, 5.41) is 14.0. The number of nitrogens with zero attached hydrogens (tertiary/aromatic N) is 2. The summed E-state index contributed by atoms with van der Waals surface area (Å²) < 4.78 is 0. The van der Waals surface area contributed by atoms with Gasteiger partial charge in [0.2, 0.25) is 0 Å². The van der Waals surface area contributed by atoms with Gasteiger partial charge in [0.15, 0.2) is 0 Å². The lowest BCUT2D eigenvalue weighted by Gasteiger charge is -2.14. The van der Waals surface area contributed by atoms with Crippen LogP contribution in [0.15, 0.2) is 30.3 Å². The zero-order valence-electron chi connectivity index (χ0n) is 10.7. The molecule has 1 aliphatic rings. The van der Waals surface area contributed by atoms with Gasteiger partial charge in [-0.2, -0.15) is 0 Å². The second-order valence-electron chi connectivity index (χ2n) is 4.75. The van der Waals surface area contributed by atoms with Crippen molar-refractivity contribution in [2.24, 2.45) is 0 Å². The maximum atomic E-state index is 10.9. The Labute approximate surface area is 112 Å². The van der Waals surface area contributed by atoms with Gasteiger partial charge in [-0.3, -0.25) is 15.4 Å². The molecule has 19 heavy (non-hydrogen) atoms. The van der Waals surface area contributed by atoms with Crippen LogP contribution < -0.4 is 11.1 Å². The van der Waals surface area contributed by atoms with Crippen molar-refractivity contribution in [1.82, 2.24) is 11.1 Å². The fraction of sp³-hybridized carbons (Fsp3) is 0.429. The van der Waals surface area contributed by atoms with Gasteiger partial charge in [-0.15, -0.1) is 5.73 Å². The lowest BCUT2D eigenvalue weighted by atomic mass is 10.1. The molecule has 1 N–H and O–H groups in total. The predicted molar refractivity (Wildman–Crippen MR) is 73.4 cm³/mol. The van der Waals surface area contributed by atoms with E-state index in [1.807, 2.05) is 6.08 Å². The summed E-state index contributed by atoms with van der Waals surface area (Å²) in [4.78, 5) is 10.5. The molecule has 1 aromatic carbocycles. The summed E-state index contributed by atoms with van der Waals surface area (Å²) in [6.45, 7) is 0. The van der Waals surface area contributed by atoms with Gasteiger partial charge in [0.25, 0.3) is 5.69 Å². The van der Waals surface area contributed by atoms with Crippen molar-refractivity contribution in [2.75, 3.05) is 0 Å². The highest BCUT2D eigenvalue weighted by Crippen LogP contribution is 2.20. The fourth-order valence-electron chi connectivity index (χ4n) is 2.28. The average molecular weight is 259 g/mol. The van der Waals surface area contributed by atoms with Gasteiger partial charge in [-0.1, -0.05) is 37.1 Å². The summed E-state index contributed by atoms with van der Waals surface area (Å²) in [7, 11) is 0. The van der Waals surface area contributed by atoms with E-state index in [0.29, 0.717) is 5.56 Å². The molecule has 0 bridgehead atoms. The molecule has 0 amide bonds. The highest BCUT2D eigenvalue weighted by atomic mass is 16.6. The van der Waals surface area contributed by atoms with E-state index < -0.39 is 6.17 Å². The van der Waals surface area contributed by atoms with Gasteiger partial charge in [-0.05, 0) is 18.9 Å².